The van der Waals surface area contributed by atoms with E-state index in [4.69, 9.17) is 4.74 Å². The third kappa shape index (κ3) is 3.53. The average molecular weight is 337 g/mol. The van der Waals surface area contributed by atoms with Crippen LogP contribution in [-0.2, 0) is 15.0 Å². The molecule has 1 aliphatic rings. The lowest BCUT2D eigenvalue weighted by Gasteiger charge is -2.24. The molecule has 1 aromatic rings. The zero-order valence-electron chi connectivity index (χ0n) is 13.4. The maximum Gasteiger partial charge on any atom is 0.345 e. The average Bonchev–Trinajstić information content (AvgIpc) is 2.48. The molecule has 0 radical (unpaired) electrons. The van der Waals surface area contributed by atoms with Gasteiger partial charge in [-0.05, 0) is 32.1 Å². The molecule has 0 unspecified atom stereocenters. The van der Waals surface area contributed by atoms with E-state index in [1.165, 1.54) is 20.2 Å². The van der Waals surface area contributed by atoms with E-state index >= 15 is 0 Å². The number of likely N-dealkylation sites (N-methyl/N-ethyl adjacent to an activating group) is 1. The molecule has 1 N–H and O–H groups in total. The summed E-state index contributed by atoms with van der Waals surface area (Å²) in [5.41, 5.74) is 0.672. The highest BCUT2D eigenvalue weighted by molar-refractivity contribution is 7.88. The number of hydrogen-bond donors (Lipinski definition) is 1. The van der Waals surface area contributed by atoms with Crippen molar-refractivity contribution >= 4 is 21.8 Å². The molecule has 8 heteroatoms. The van der Waals surface area contributed by atoms with Crippen molar-refractivity contribution in [2.75, 3.05) is 14.2 Å². The first-order chi connectivity index (χ1) is 10.8. The molecule has 0 aliphatic carbocycles. The molecule has 124 valence electrons. The molecular weight excluding hydrogens is 318 g/mol. The number of allylic oxidation sites excluding steroid dienone is 1. The van der Waals surface area contributed by atoms with Gasteiger partial charge in [0.05, 0.1) is 12.8 Å². The van der Waals surface area contributed by atoms with Crippen molar-refractivity contribution < 1.29 is 17.9 Å². The van der Waals surface area contributed by atoms with Crippen LogP contribution < -0.4 is 10.1 Å². The van der Waals surface area contributed by atoms with Crippen LogP contribution >= 0.6 is 0 Å². The number of benzene rings is 1. The summed E-state index contributed by atoms with van der Waals surface area (Å²) < 4.78 is 34.3. The van der Waals surface area contributed by atoms with E-state index in [2.05, 4.69) is 9.71 Å². The van der Waals surface area contributed by atoms with E-state index in [0.29, 0.717) is 11.3 Å². The van der Waals surface area contributed by atoms with Crippen molar-refractivity contribution in [1.29, 1.82) is 0 Å². The van der Waals surface area contributed by atoms with Crippen molar-refractivity contribution in [3.8, 4) is 5.75 Å². The summed E-state index contributed by atoms with van der Waals surface area (Å²) in [6.07, 6.45) is 1.44. The molecule has 1 aliphatic heterocycles. The topological polar surface area (TPSA) is 88.1 Å². The minimum atomic E-state index is -3.98. The Balaban J connectivity index is 2.55. The molecule has 0 aromatic heterocycles. The van der Waals surface area contributed by atoms with Crippen LogP contribution in [0.4, 0.5) is 0 Å². The van der Waals surface area contributed by atoms with Gasteiger partial charge in [-0.2, -0.15) is 8.42 Å². The molecule has 1 amide bonds. The predicted molar refractivity (Wildman–Crippen MR) is 87.6 cm³/mol. The summed E-state index contributed by atoms with van der Waals surface area (Å²) in [6.45, 7) is 3.59. The second-order valence-corrected chi connectivity index (χ2v) is 6.91. The summed E-state index contributed by atoms with van der Waals surface area (Å²) >= 11 is 0. The fraction of sp³-hybridized carbons (Fsp3) is 0.333. The third-order valence-corrected chi connectivity index (χ3v) is 4.52. The fourth-order valence-corrected chi connectivity index (χ4v) is 2.99. The molecule has 1 heterocycles. The Labute approximate surface area is 135 Å². The number of ether oxygens (including phenoxy) is 1. The molecule has 2 rings (SSSR count). The maximum atomic E-state index is 12.3. The SMILES string of the molecule is COc1ccccc1C1=NS(=O)(=O)N(C)C(C(=O)NC(C)C)=C1. The Morgan fingerprint density at radius 3 is 2.57 bits per heavy atom. The van der Waals surface area contributed by atoms with E-state index in [9.17, 15) is 13.2 Å². The number of carbonyl (C=O) groups excluding carboxylic acids is 1. The van der Waals surface area contributed by atoms with Crippen LogP contribution in [0.1, 0.15) is 19.4 Å². The van der Waals surface area contributed by atoms with Crippen LogP contribution in [0.15, 0.2) is 40.4 Å². The van der Waals surface area contributed by atoms with E-state index in [1.807, 2.05) is 0 Å². The highest BCUT2D eigenvalue weighted by Crippen LogP contribution is 2.25. The minimum Gasteiger partial charge on any atom is -0.496 e. The molecular formula is C15H19N3O4S. The number of nitrogens with zero attached hydrogens (tertiary/aromatic N) is 2. The Morgan fingerprint density at radius 1 is 1.30 bits per heavy atom. The smallest absolute Gasteiger partial charge is 0.345 e. The van der Waals surface area contributed by atoms with Crippen LogP contribution in [0.5, 0.6) is 5.75 Å². The zero-order chi connectivity index (χ0) is 17.2. The Bertz CT molecular complexity index is 782. The van der Waals surface area contributed by atoms with E-state index in [1.54, 1.807) is 38.1 Å². The fourth-order valence-electron chi connectivity index (χ4n) is 2.08. The van der Waals surface area contributed by atoms with Gasteiger partial charge in [-0.25, -0.2) is 4.31 Å². The Hall–Kier alpha value is -2.35. The van der Waals surface area contributed by atoms with Crippen molar-refractivity contribution in [3.05, 3.63) is 41.6 Å². The van der Waals surface area contributed by atoms with Gasteiger partial charge in [0.15, 0.2) is 0 Å². The van der Waals surface area contributed by atoms with E-state index < -0.39 is 16.1 Å². The standard InChI is InChI=1S/C15H19N3O4S/c1-10(2)16-15(19)13-9-12(17-23(20,21)18(13)3)11-7-5-6-8-14(11)22-4/h5-10H,1-4H3,(H,16,19). The van der Waals surface area contributed by atoms with Crippen molar-refractivity contribution in [2.45, 2.75) is 19.9 Å². The molecule has 0 bridgehead atoms. The second kappa shape index (κ2) is 6.41. The molecule has 23 heavy (non-hydrogen) atoms. The number of amides is 1. The Kier molecular flexibility index (Phi) is 4.74. The molecule has 0 saturated carbocycles. The minimum absolute atomic E-state index is 0.00889. The van der Waals surface area contributed by atoms with Gasteiger partial charge < -0.3 is 10.1 Å². The monoisotopic (exact) mass is 337 g/mol. The highest BCUT2D eigenvalue weighted by atomic mass is 32.2. The molecule has 0 fully saturated rings. The normalized spacial score (nSPS) is 16.7. The molecule has 0 atom stereocenters. The number of rotatable bonds is 4. The largest absolute Gasteiger partial charge is 0.496 e. The van der Waals surface area contributed by atoms with E-state index in [0.717, 1.165) is 4.31 Å². The summed E-state index contributed by atoms with van der Waals surface area (Å²) in [7, 11) is -1.20. The van der Waals surface area contributed by atoms with Gasteiger partial charge in [-0.1, -0.05) is 12.1 Å². The molecule has 0 spiro atoms. The van der Waals surface area contributed by atoms with Crippen LogP contribution in [0.25, 0.3) is 0 Å². The van der Waals surface area contributed by atoms with Crippen molar-refractivity contribution in [3.63, 3.8) is 0 Å². The lowest BCUT2D eigenvalue weighted by Crippen LogP contribution is -2.40. The van der Waals surface area contributed by atoms with Crippen LogP contribution in [0.3, 0.4) is 0 Å². The second-order valence-electron chi connectivity index (χ2n) is 5.28. The third-order valence-electron chi connectivity index (χ3n) is 3.21. The van der Waals surface area contributed by atoms with Crippen LogP contribution in [-0.4, -0.2) is 44.5 Å². The number of methoxy groups -OCH3 is 1. The maximum absolute atomic E-state index is 12.3. The zero-order valence-corrected chi connectivity index (χ0v) is 14.2. The van der Waals surface area contributed by atoms with Gasteiger partial charge in [0.1, 0.15) is 11.4 Å². The summed E-state index contributed by atoms with van der Waals surface area (Å²) in [5.74, 6) is -0.000700. The summed E-state index contributed by atoms with van der Waals surface area (Å²) in [4.78, 5) is 12.3. The molecule has 0 saturated heterocycles. The van der Waals surface area contributed by atoms with Crippen LogP contribution in [0, 0.1) is 0 Å². The van der Waals surface area contributed by atoms with Gasteiger partial charge >= 0.3 is 10.2 Å². The van der Waals surface area contributed by atoms with E-state index in [-0.39, 0.29) is 17.5 Å². The predicted octanol–water partition coefficient (Wildman–Crippen LogP) is 1.08. The summed E-state index contributed by atoms with van der Waals surface area (Å²) in [6, 6.07) is 6.78. The molecule has 1 aromatic carbocycles. The number of nitrogens with one attached hydrogen (secondary N) is 1. The number of para-hydroxylation sites is 1. The van der Waals surface area contributed by atoms with Gasteiger partial charge in [-0.3, -0.25) is 4.79 Å². The van der Waals surface area contributed by atoms with Crippen molar-refractivity contribution in [1.82, 2.24) is 9.62 Å². The lowest BCUT2D eigenvalue weighted by molar-refractivity contribution is -0.118. The van der Waals surface area contributed by atoms with Crippen molar-refractivity contribution in [2.24, 2.45) is 4.40 Å². The first-order valence-corrected chi connectivity index (χ1v) is 8.40. The van der Waals surface area contributed by atoms with Gasteiger partial charge in [0, 0.05) is 18.7 Å². The summed E-state index contributed by atoms with van der Waals surface area (Å²) in [5, 5.41) is 2.68. The first-order valence-electron chi connectivity index (χ1n) is 7.01. The lowest BCUT2D eigenvalue weighted by atomic mass is 10.1. The van der Waals surface area contributed by atoms with Gasteiger partial charge in [0.25, 0.3) is 5.91 Å². The number of hydrogen-bond acceptors (Lipinski definition) is 4. The molecule has 7 nitrogen and oxygen atoms in total. The quantitative estimate of drug-likeness (QED) is 0.890. The Morgan fingerprint density at radius 2 is 1.96 bits per heavy atom. The number of carbonyl (C=O) groups is 1. The first kappa shape index (κ1) is 17.0. The van der Waals surface area contributed by atoms with Crippen LogP contribution in [0.2, 0.25) is 0 Å². The highest BCUT2D eigenvalue weighted by Gasteiger charge is 2.30. The van der Waals surface area contributed by atoms with Gasteiger partial charge in [-0.15, -0.1) is 4.40 Å². The van der Waals surface area contributed by atoms with Gasteiger partial charge in [0.2, 0.25) is 0 Å².